The molecule has 1 aliphatic rings. The Kier molecular flexibility index (Phi) is 6.71. The molecule has 0 radical (unpaired) electrons. The van der Waals surface area contributed by atoms with Gasteiger partial charge in [0.15, 0.2) is 0 Å². The number of rotatable bonds is 5. The highest BCUT2D eigenvalue weighted by molar-refractivity contribution is 6.30. The first-order chi connectivity index (χ1) is 11.7. The van der Waals surface area contributed by atoms with Gasteiger partial charge in [0.05, 0.1) is 23.4 Å². The number of nitrogens with one attached hydrogen (secondary N) is 1. The molecule has 1 heterocycles. The van der Waals surface area contributed by atoms with E-state index in [-0.39, 0.29) is 16.8 Å². The molecule has 1 saturated heterocycles. The summed E-state index contributed by atoms with van der Waals surface area (Å²) in [6.07, 6.45) is -2.79. The molecule has 140 valence electrons. The average molecular weight is 379 g/mol. The summed E-state index contributed by atoms with van der Waals surface area (Å²) in [7, 11) is 0. The van der Waals surface area contributed by atoms with Gasteiger partial charge in [0.1, 0.15) is 0 Å². The Morgan fingerprint density at radius 3 is 2.60 bits per heavy atom. The van der Waals surface area contributed by atoms with Gasteiger partial charge in [0.2, 0.25) is 5.91 Å². The van der Waals surface area contributed by atoms with Crippen LogP contribution in [-0.4, -0.2) is 42.6 Å². The summed E-state index contributed by atoms with van der Waals surface area (Å²) < 4.78 is 44.9. The molecule has 1 fully saturated rings. The predicted molar refractivity (Wildman–Crippen MR) is 90.8 cm³/mol. The summed E-state index contributed by atoms with van der Waals surface area (Å²) in [5, 5.41) is 2.36. The van der Waals surface area contributed by atoms with E-state index in [2.05, 4.69) is 5.32 Å². The van der Waals surface area contributed by atoms with Crippen LogP contribution in [0.5, 0.6) is 0 Å². The zero-order chi connectivity index (χ0) is 18.6. The number of alkyl halides is 3. The molecule has 0 aliphatic carbocycles. The van der Waals surface area contributed by atoms with E-state index in [1.165, 1.54) is 12.1 Å². The summed E-state index contributed by atoms with van der Waals surface area (Å²) in [6.45, 7) is 5.63. The van der Waals surface area contributed by atoms with Crippen LogP contribution >= 0.6 is 11.6 Å². The zero-order valence-electron chi connectivity index (χ0n) is 14.2. The number of anilines is 1. The van der Waals surface area contributed by atoms with Gasteiger partial charge < -0.3 is 10.1 Å². The molecule has 8 heteroatoms. The smallest absolute Gasteiger partial charge is 0.378 e. The largest absolute Gasteiger partial charge is 0.418 e. The molecule has 0 aromatic heterocycles. The van der Waals surface area contributed by atoms with Crippen molar-refractivity contribution >= 4 is 23.2 Å². The van der Waals surface area contributed by atoms with Gasteiger partial charge in [-0.25, -0.2) is 0 Å². The SMILES string of the molecule is CCOC1CCN(C(C)C(=O)Nc2ccc(Cl)cc2C(F)(F)F)CC1. The quantitative estimate of drug-likeness (QED) is 0.835. The van der Waals surface area contributed by atoms with Crippen molar-refractivity contribution in [1.82, 2.24) is 4.90 Å². The van der Waals surface area contributed by atoms with Crippen LogP contribution in [0.25, 0.3) is 0 Å². The standard InChI is InChI=1S/C17H22ClF3N2O2/c1-3-25-13-6-8-23(9-7-13)11(2)16(24)22-15-5-4-12(18)10-14(15)17(19,20)21/h4-5,10-11,13H,3,6-9H2,1-2H3,(H,22,24). The number of likely N-dealkylation sites (tertiary alicyclic amines) is 1. The van der Waals surface area contributed by atoms with Crippen LogP contribution in [0, 0.1) is 0 Å². The Bertz CT molecular complexity index is 602. The molecule has 1 N–H and O–H groups in total. The number of ether oxygens (including phenoxy) is 1. The first-order valence-corrected chi connectivity index (χ1v) is 8.63. The lowest BCUT2D eigenvalue weighted by Crippen LogP contribution is -2.47. The lowest BCUT2D eigenvalue weighted by molar-refractivity contribution is -0.137. The molecule has 1 atom stereocenters. The number of carbonyl (C=O) groups is 1. The Morgan fingerprint density at radius 1 is 1.40 bits per heavy atom. The second kappa shape index (κ2) is 8.38. The fourth-order valence-electron chi connectivity index (χ4n) is 2.93. The second-order valence-corrected chi connectivity index (χ2v) is 6.48. The van der Waals surface area contributed by atoms with Crippen molar-refractivity contribution < 1.29 is 22.7 Å². The molecule has 2 rings (SSSR count). The van der Waals surface area contributed by atoms with E-state index in [0.29, 0.717) is 19.7 Å². The summed E-state index contributed by atoms with van der Waals surface area (Å²) in [6, 6.07) is 2.79. The molecule has 0 spiro atoms. The van der Waals surface area contributed by atoms with E-state index in [1.54, 1.807) is 6.92 Å². The van der Waals surface area contributed by atoms with Gasteiger partial charge in [-0.15, -0.1) is 0 Å². The number of halogens is 4. The van der Waals surface area contributed by atoms with Crippen molar-refractivity contribution in [2.45, 2.75) is 45.0 Å². The van der Waals surface area contributed by atoms with Gasteiger partial charge in [-0.05, 0) is 44.9 Å². The summed E-state index contributed by atoms with van der Waals surface area (Å²) in [5.41, 5.74) is -1.23. The van der Waals surface area contributed by atoms with Crippen molar-refractivity contribution in [3.63, 3.8) is 0 Å². The minimum absolute atomic E-state index is 0.0311. The van der Waals surface area contributed by atoms with Crippen LogP contribution in [0.4, 0.5) is 18.9 Å². The Labute approximate surface area is 150 Å². The lowest BCUT2D eigenvalue weighted by Gasteiger charge is -2.35. The van der Waals surface area contributed by atoms with Crippen molar-refractivity contribution in [1.29, 1.82) is 0 Å². The van der Waals surface area contributed by atoms with E-state index in [0.717, 1.165) is 18.9 Å². The van der Waals surface area contributed by atoms with Crippen LogP contribution in [-0.2, 0) is 15.7 Å². The number of benzene rings is 1. The van der Waals surface area contributed by atoms with E-state index in [4.69, 9.17) is 16.3 Å². The lowest BCUT2D eigenvalue weighted by atomic mass is 10.1. The van der Waals surface area contributed by atoms with Crippen LogP contribution in [0.1, 0.15) is 32.3 Å². The van der Waals surface area contributed by atoms with E-state index < -0.39 is 23.7 Å². The monoisotopic (exact) mass is 378 g/mol. The first-order valence-electron chi connectivity index (χ1n) is 8.25. The number of carbonyl (C=O) groups excluding carboxylic acids is 1. The van der Waals surface area contributed by atoms with Crippen molar-refractivity contribution in [3.05, 3.63) is 28.8 Å². The third-order valence-electron chi connectivity index (χ3n) is 4.35. The summed E-state index contributed by atoms with van der Waals surface area (Å²) in [4.78, 5) is 14.4. The summed E-state index contributed by atoms with van der Waals surface area (Å²) in [5.74, 6) is -0.470. The maximum absolute atomic E-state index is 13.1. The molecule has 1 aliphatic heterocycles. The molecule has 0 saturated carbocycles. The van der Waals surface area contributed by atoms with E-state index in [1.807, 2.05) is 11.8 Å². The molecule has 4 nitrogen and oxygen atoms in total. The van der Waals surface area contributed by atoms with Crippen molar-refractivity contribution in [3.8, 4) is 0 Å². The number of amides is 1. The first kappa shape index (κ1) is 20.0. The number of hydrogen-bond donors (Lipinski definition) is 1. The van der Waals surface area contributed by atoms with E-state index >= 15 is 0 Å². The topological polar surface area (TPSA) is 41.6 Å². The Morgan fingerprint density at radius 2 is 2.04 bits per heavy atom. The normalized spacial score (nSPS) is 18.2. The number of piperidine rings is 1. The highest BCUT2D eigenvalue weighted by atomic mass is 35.5. The van der Waals surface area contributed by atoms with Crippen LogP contribution in [0.3, 0.4) is 0 Å². The molecule has 25 heavy (non-hydrogen) atoms. The van der Waals surface area contributed by atoms with Crippen LogP contribution in [0.15, 0.2) is 18.2 Å². The number of nitrogens with zero attached hydrogens (tertiary/aromatic N) is 1. The molecule has 0 bridgehead atoms. The van der Waals surface area contributed by atoms with Crippen molar-refractivity contribution in [2.75, 3.05) is 25.0 Å². The highest BCUT2D eigenvalue weighted by Gasteiger charge is 2.35. The molecule has 1 aromatic rings. The Balaban J connectivity index is 2.03. The van der Waals surface area contributed by atoms with Gasteiger partial charge >= 0.3 is 6.18 Å². The molecular formula is C17H22ClF3N2O2. The maximum Gasteiger partial charge on any atom is 0.418 e. The van der Waals surface area contributed by atoms with Gasteiger partial charge in [-0.3, -0.25) is 9.69 Å². The van der Waals surface area contributed by atoms with Crippen molar-refractivity contribution in [2.24, 2.45) is 0 Å². The molecule has 1 aromatic carbocycles. The van der Waals surface area contributed by atoms with Gasteiger partial charge in [-0.2, -0.15) is 13.2 Å². The molecule has 1 unspecified atom stereocenters. The van der Waals surface area contributed by atoms with Gasteiger partial charge in [0, 0.05) is 24.7 Å². The van der Waals surface area contributed by atoms with Gasteiger partial charge in [-0.1, -0.05) is 11.6 Å². The fourth-order valence-corrected chi connectivity index (χ4v) is 3.10. The number of hydrogen-bond acceptors (Lipinski definition) is 3. The molecular weight excluding hydrogens is 357 g/mol. The second-order valence-electron chi connectivity index (χ2n) is 6.04. The Hall–Kier alpha value is -1.31. The maximum atomic E-state index is 13.1. The highest BCUT2D eigenvalue weighted by Crippen LogP contribution is 2.36. The average Bonchev–Trinajstić information content (AvgIpc) is 2.56. The van der Waals surface area contributed by atoms with Crippen LogP contribution < -0.4 is 5.32 Å². The fraction of sp³-hybridized carbons (Fsp3) is 0.588. The third-order valence-corrected chi connectivity index (χ3v) is 4.59. The minimum atomic E-state index is -4.59. The predicted octanol–water partition coefficient (Wildman–Crippen LogP) is 4.19. The molecule has 1 amide bonds. The summed E-state index contributed by atoms with van der Waals surface area (Å²) >= 11 is 5.65. The van der Waals surface area contributed by atoms with Gasteiger partial charge in [0.25, 0.3) is 0 Å². The van der Waals surface area contributed by atoms with E-state index in [9.17, 15) is 18.0 Å². The van der Waals surface area contributed by atoms with Crippen LogP contribution in [0.2, 0.25) is 5.02 Å². The minimum Gasteiger partial charge on any atom is -0.378 e. The zero-order valence-corrected chi connectivity index (χ0v) is 15.0. The third kappa shape index (κ3) is 5.33.